The zero-order chi connectivity index (χ0) is 14.7. The van der Waals surface area contributed by atoms with Crippen molar-refractivity contribution in [2.75, 3.05) is 0 Å². The first-order valence-electron chi connectivity index (χ1n) is 7.38. The van der Waals surface area contributed by atoms with Gasteiger partial charge < -0.3 is 0 Å². The van der Waals surface area contributed by atoms with Gasteiger partial charge in [0.2, 0.25) is 5.69 Å². The van der Waals surface area contributed by atoms with Gasteiger partial charge >= 0.3 is 0 Å². The van der Waals surface area contributed by atoms with Gasteiger partial charge in [-0.3, -0.25) is 0 Å². The minimum Gasteiger partial charge on any atom is -0.201 e. The van der Waals surface area contributed by atoms with Crippen LogP contribution in [0.15, 0.2) is 36.5 Å². The lowest BCUT2D eigenvalue weighted by Gasteiger charge is -2.46. The minimum absolute atomic E-state index is 0.113. The smallest absolute Gasteiger partial charge is 0.201 e. The molecule has 20 heavy (non-hydrogen) atoms. The van der Waals surface area contributed by atoms with E-state index in [1.54, 1.807) is 0 Å². The fourth-order valence-electron chi connectivity index (χ4n) is 3.60. The largest absolute Gasteiger partial charge is 0.216 e. The zero-order valence-corrected chi connectivity index (χ0v) is 13.4. The molecule has 1 aromatic heterocycles. The maximum atomic E-state index is 2.38. The molecule has 1 nitrogen and oxygen atoms in total. The molecule has 0 spiro atoms. The molecule has 0 N–H and O–H groups in total. The first-order valence-corrected chi connectivity index (χ1v) is 7.38. The van der Waals surface area contributed by atoms with Crippen molar-refractivity contribution in [3.63, 3.8) is 0 Å². The number of rotatable bonds is 0. The lowest BCUT2D eigenvalue weighted by atomic mass is 9.56. The number of nitrogens with zero attached hydrogens (tertiary/aromatic N) is 1. The van der Waals surface area contributed by atoms with Gasteiger partial charge in [0.1, 0.15) is 7.05 Å². The number of hydrogen-bond acceptors (Lipinski definition) is 0. The van der Waals surface area contributed by atoms with Crippen LogP contribution in [0.25, 0.3) is 11.3 Å². The van der Waals surface area contributed by atoms with Crippen LogP contribution in [0.1, 0.15) is 44.4 Å². The zero-order valence-electron chi connectivity index (χ0n) is 13.4. The highest BCUT2D eigenvalue weighted by Crippen LogP contribution is 2.53. The third kappa shape index (κ3) is 1.47. The average molecular weight is 266 g/mol. The van der Waals surface area contributed by atoms with Crippen molar-refractivity contribution in [1.29, 1.82) is 0 Å². The molecule has 0 radical (unpaired) electrons. The monoisotopic (exact) mass is 266 g/mol. The summed E-state index contributed by atoms with van der Waals surface area (Å²) in [7, 11) is 2.16. The summed E-state index contributed by atoms with van der Waals surface area (Å²) in [5, 5.41) is 0. The van der Waals surface area contributed by atoms with Gasteiger partial charge in [0.05, 0.1) is 5.56 Å². The minimum atomic E-state index is 0.113. The van der Waals surface area contributed by atoms with E-state index >= 15 is 0 Å². The predicted octanol–water partition coefficient (Wildman–Crippen LogP) is 4.06. The second kappa shape index (κ2) is 3.94. The van der Waals surface area contributed by atoms with Gasteiger partial charge in [-0.15, -0.1) is 0 Å². The maximum absolute atomic E-state index is 2.38. The quantitative estimate of drug-likeness (QED) is 0.633. The summed E-state index contributed by atoms with van der Waals surface area (Å²) in [5.41, 5.74) is 7.33. The lowest BCUT2D eigenvalue weighted by Crippen LogP contribution is -2.47. The molecule has 1 aliphatic carbocycles. The van der Waals surface area contributed by atoms with Crippen molar-refractivity contribution >= 4 is 0 Å². The Labute approximate surface area is 122 Å². The van der Waals surface area contributed by atoms with Crippen LogP contribution in [0.5, 0.6) is 0 Å². The molecular weight excluding hydrogens is 242 g/mol. The van der Waals surface area contributed by atoms with E-state index in [9.17, 15) is 0 Å². The van der Waals surface area contributed by atoms with Gasteiger partial charge in [0.15, 0.2) is 6.20 Å². The summed E-state index contributed by atoms with van der Waals surface area (Å²) in [5.74, 6) is 0. The van der Waals surface area contributed by atoms with Gasteiger partial charge in [-0.05, 0) is 29.5 Å². The summed E-state index contributed by atoms with van der Waals surface area (Å²) in [6.07, 6.45) is 2.16. The second-order valence-electron chi connectivity index (χ2n) is 7.13. The Bertz CT molecular complexity index is 631. The van der Waals surface area contributed by atoms with E-state index in [0.29, 0.717) is 0 Å². The van der Waals surface area contributed by atoms with Crippen molar-refractivity contribution < 1.29 is 4.57 Å². The third-order valence-electron chi connectivity index (χ3n) is 5.60. The standard InChI is InChI=1S/C19H24N/c1-13-9-7-10-14-16(13)17-15(11-8-12-20(17)6)19(4,5)18(14,2)3/h7-12H,1-6H3/q+1. The molecule has 0 bridgehead atoms. The summed E-state index contributed by atoms with van der Waals surface area (Å²) in [4.78, 5) is 0. The normalized spacial score (nSPS) is 18.3. The molecule has 0 saturated carbocycles. The molecule has 0 saturated heterocycles. The summed E-state index contributed by atoms with van der Waals surface area (Å²) in [6.45, 7) is 11.7. The average Bonchev–Trinajstić information content (AvgIpc) is 2.37. The molecule has 0 aliphatic heterocycles. The van der Waals surface area contributed by atoms with Crippen LogP contribution in [-0.2, 0) is 17.9 Å². The summed E-state index contributed by atoms with van der Waals surface area (Å²) < 4.78 is 2.28. The Morgan fingerprint density at radius 1 is 0.850 bits per heavy atom. The molecule has 1 heteroatoms. The topological polar surface area (TPSA) is 3.88 Å². The van der Waals surface area contributed by atoms with Crippen LogP contribution in [0.4, 0.5) is 0 Å². The van der Waals surface area contributed by atoms with Crippen molar-refractivity contribution in [3.8, 4) is 11.3 Å². The van der Waals surface area contributed by atoms with Crippen LogP contribution < -0.4 is 4.57 Å². The van der Waals surface area contributed by atoms with Crippen molar-refractivity contribution in [3.05, 3.63) is 53.2 Å². The number of aryl methyl sites for hydroxylation is 2. The Hall–Kier alpha value is -1.63. The SMILES string of the molecule is Cc1cccc2c1-c1c(ccc[n+]1C)C(C)(C)C2(C)C. The van der Waals surface area contributed by atoms with Crippen LogP contribution in [0.3, 0.4) is 0 Å². The first kappa shape index (κ1) is 13.4. The number of aromatic nitrogens is 1. The Kier molecular flexibility index (Phi) is 2.63. The Morgan fingerprint density at radius 2 is 1.45 bits per heavy atom. The highest BCUT2D eigenvalue weighted by molar-refractivity contribution is 5.75. The van der Waals surface area contributed by atoms with Crippen molar-refractivity contribution in [2.24, 2.45) is 7.05 Å². The third-order valence-corrected chi connectivity index (χ3v) is 5.60. The molecule has 2 aromatic rings. The second-order valence-corrected chi connectivity index (χ2v) is 7.13. The first-order chi connectivity index (χ1) is 9.28. The highest BCUT2D eigenvalue weighted by Gasteiger charge is 2.49. The Morgan fingerprint density at radius 3 is 2.15 bits per heavy atom. The molecular formula is C19H24N+. The molecule has 0 fully saturated rings. The van der Waals surface area contributed by atoms with Crippen LogP contribution >= 0.6 is 0 Å². The van der Waals surface area contributed by atoms with Gasteiger partial charge in [-0.2, -0.15) is 0 Å². The van der Waals surface area contributed by atoms with E-state index in [2.05, 4.69) is 82.8 Å². The van der Waals surface area contributed by atoms with E-state index < -0.39 is 0 Å². The van der Waals surface area contributed by atoms with Crippen molar-refractivity contribution in [1.82, 2.24) is 0 Å². The number of pyridine rings is 1. The van der Waals surface area contributed by atoms with E-state index in [4.69, 9.17) is 0 Å². The Balaban J connectivity index is 2.52. The fraction of sp³-hybridized carbons (Fsp3) is 0.421. The number of fused-ring (bicyclic) bond motifs is 3. The number of hydrogen-bond donors (Lipinski definition) is 0. The van der Waals surface area contributed by atoms with Gasteiger partial charge in [0, 0.05) is 17.0 Å². The lowest BCUT2D eigenvalue weighted by molar-refractivity contribution is -0.661. The molecule has 1 heterocycles. The van der Waals surface area contributed by atoms with Crippen molar-refractivity contribution in [2.45, 2.75) is 45.4 Å². The summed E-state index contributed by atoms with van der Waals surface area (Å²) >= 11 is 0. The van der Waals surface area contributed by atoms with Crippen LogP contribution in [-0.4, -0.2) is 0 Å². The molecule has 1 aromatic carbocycles. The maximum Gasteiger partial charge on any atom is 0.216 e. The van der Waals surface area contributed by atoms with Gasteiger partial charge in [-0.1, -0.05) is 45.9 Å². The van der Waals surface area contributed by atoms with E-state index in [1.807, 2.05) is 0 Å². The van der Waals surface area contributed by atoms with Gasteiger partial charge in [-0.25, -0.2) is 4.57 Å². The molecule has 1 aliphatic rings. The molecule has 0 atom stereocenters. The summed E-state index contributed by atoms with van der Waals surface area (Å²) in [6, 6.07) is 11.2. The van der Waals surface area contributed by atoms with Crippen LogP contribution in [0, 0.1) is 6.92 Å². The van der Waals surface area contributed by atoms with Crippen LogP contribution in [0.2, 0.25) is 0 Å². The van der Waals surface area contributed by atoms with Gasteiger partial charge in [0.25, 0.3) is 0 Å². The van der Waals surface area contributed by atoms with E-state index in [0.717, 1.165) is 0 Å². The highest BCUT2D eigenvalue weighted by atomic mass is 14.9. The number of benzene rings is 1. The molecule has 3 rings (SSSR count). The predicted molar refractivity (Wildman–Crippen MR) is 83.8 cm³/mol. The molecule has 104 valence electrons. The molecule has 0 amide bonds. The van der Waals surface area contributed by atoms with E-state index in [1.165, 1.54) is 27.9 Å². The fourth-order valence-corrected chi connectivity index (χ4v) is 3.60. The molecule has 0 unspecified atom stereocenters. The van der Waals surface area contributed by atoms with E-state index in [-0.39, 0.29) is 10.8 Å².